The van der Waals surface area contributed by atoms with Crippen LogP contribution in [0, 0.1) is 6.08 Å². The molecule has 0 heterocycles. The fourth-order valence-electron chi connectivity index (χ4n) is 0.704. The summed E-state index contributed by atoms with van der Waals surface area (Å²) in [5.74, 6) is 0. The summed E-state index contributed by atoms with van der Waals surface area (Å²) >= 11 is 0. The van der Waals surface area contributed by atoms with Crippen molar-refractivity contribution in [3.63, 3.8) is 0 Å². The van der Waals surface area contributed by atoms with Gasteiger partial charge in [-0.2, -0.15) is 0 Å². The Bertz CT molecular complexity index is 219. The summed E-state index contributed by atoms with van der Waals surface area (Å²) in [6.45, 7) is 3.53. The minimum atomic E-state index is 1.16. The van der Waals surface area contributed by atoms with Gasteiger partial charge in [-0.15, -0.1) is 0 Å². The molecule has 0 aliphatic rings. The van der Waals surface area contributed by atoms with Crippen molar-refractivity contribution < 1.29 is 0 Å². The summed E-state index contributed by atoms with van der Waals surface area (Å²) in [6, 6.07) is 10.0. The molecule has 10 heavy (non-hydrogen) atoms. The van der Waals surface area contributed by atoms with Crippen LogP contribution >= 0.6 is 0 Å². The molecule has 0 atom stereocenters. The molecule has 0 saturated carbocycles. The first-order valence-electron chi connectivity index (χ1n) is 3.18. The third kappa shape index (κ3) is 1.90. The van der Waals surface area contributed by atoms with E-state index in [0.717, 1.165) is 5.56 Å². The molecular formula is C10H9. The third-order valence-corrected chi connectivity index (χ3v) is 1.17. The molecule has 49 valence electrons. The van der Waals surface area contributed by atoms with Crippen LogP contribution in [0.15, 0.2) is 43.0 Å². The molecule has 1 aromatic carbocycles. The van der Waals surface area contributed by atoms with Gasteiger partial charge in [-0.25, -0.2) is 0 Å². The lowest BCUT2D eigenvalue weighted by atomic mass is 10.2. The molecule has 0 aliphatic heterocycles. The Kier molecular flexibility index (Phi) is 2.50. The molecule has 0 aromatic heterocycles. The Labute approximate surface area is 61.5 Å². The zero-order valence-corrected chi connectivity index (χ0v) is 5.75. The van der Waals surface area contributed by atoms with Gasteiger partial charge in [0.25, 0.3) is 0 Å². The van der Waals surface area contributed by atoms with E-state index in [2.05, 4.69) is 12.7 Å². The van der Waals surface area contributed by atoms with Crippen LogP contribution in [0.5, 0.6) is 0 Å². The third-order valence-electron chi connectivity index (χ3n) is 1.17. The maximum Gasteiger partial charge on any atom is -0.0184 e. The van der Waals surface area contributed by atoms with E-state index in [-0.39, 0.29) is 0 Å². The van der Waals surface area contributed by atoms with Crippen molar-refractivity contribution in [2.45, 2.75) is 0 Å². The van der Waals surface area contributed by atoms with E-state index < -0.39 is 0 Å². The Hall–Kier alpha value is -1.30. The Morgan fingerprint density at radius 2 is 1.90 bits per heavy atom. The van der Waals surface area contributed by atoms with Crippen molar-refractivity contribution in [2.24, 2.45) is 0 Å². The molecule has 0 bridgehead atoms. The quantitative estimate of drug-likeness (QED) is 0.538. The Morgan fingerprint density at radius 3 is 2.50 bits per heavy atom. The lowest BCUT2D eigenvalue weighted by Crippen LogP contribution is -1.66. The number of hydrogen-bond donors (Lipinski definition) is 0. The molecule has 0 saturated heterocycles. The molecule has 0 spiro atoms. The highest BCUT2D eigenvalue weighted by Gasteiger charge is 1.78. The van der Waals surface area contributed by atoms with Gasteiger partial charge in [-0.1, -0.05) is 43.0 Å². The molecule has 1 aromatic rings. The fourth-order valence-corrected chi connectivity index (χ4v) is 0.704. The first kappa shape index (κ1) is 6.81. The van der Waals surface area contributed by atoms with Crippen molar-refractivity contribution in [1.82, 2.24) is 0 Å². The standard InChI is InChI=1S/C10H9/c1-2-3-7-10-8-5-4-6-9-10/h2,4-9H,1H2. The van der Waals surface area contributed by atoms with Gasteiger partial charge in [-0.05, 0) is 17.7 Å². The van der Waals surface area contributed by atoms with E-state index in [4.69, 9.17) is 0 Å². The van der Waals surface area contributed by atoms with Crippen LogP contribution in [0.25, 0.3) is 6.08 Å². The summed E-state index contributed by atoms with van der Waals surface area (Å²) in [6.07, 6.45) is 6.45. The molecule has 0 amide bonds. The van der Waals surface area contributed by atoms with Crippen LogP contribution in [0.2, 0.25) is 0 Å². The maximum atomic E-state index is 3.53. The minimum Gasteiger partial charge on any atom is -0.0984 e. The van der Waals surface area contributed by atoms with Crippen LogP contribution in [0.4, 0.5) is 0 Å². The summed E-state index contributed by atoms with van der Waals surface area (Å²) < 4.78 is 0. The van der Waals surface area contributed by atoms with Crippen LogP contribution in [-0.2, 0) is 0 Å². The number of rotatable bonds is 2. The van der Waals surface area contributed by atoms with Crippen molar-refractivity contribution in [1.29, 1.82) is 0 Å². The van der Waals surface area contributed by atoms with Crippen molar-refractivity contribution >= 4 is 6.08 Å². The van der Waals surface area contributed by atoms with Crippen molar-refractivity contribution in [3.05, 3.63) is 54.6 Å². The summed E-state index contributed by atoms with van der Waals surface area (Å²) in [7, 11) is 0. The highest BCUT2D eigenvalue weighted by atomic mass is 13.8. The second-order valence-electron chi connectivity index (χ2n) is 1.93. The maximum absolute atomic E-state index is 3.53. The van der Waals surface area contributed by atoms with Crippen molar-refractivity contribution in [3.8, 4) is 0 Å². The Balaban J connectivity index is 2.76. The first-order chi connectivity index (χ1) is 4.93. The predicted octanol–water partition coefficient (Wildman–Crippen LogP) is 2.69. The normalized spacial score (nSPS) is 10.0. The molecule has 0 unspecified atom stereocenters. The van der Waals surface area contributed by atoms with Gasteiger partial charge in [0, 0.05) is 0 Å². The van der Waals surface area contributed by atoms with Gasteiger partial charge in [-0.3, -0.25) is 0 Å². The number of hydrogen-bond acceptors (Lipinski definition) is 0. The van der Waals surface area contributed by atoms with Crippen molar-refractivity contribution in [2.75, 3.05) is 0 Å². The van der Waals surface area contributed by atoms with Gasteiger partial charge in [0.15, 0.2) is 0 Å². The molecule has 1 radical (unpaired) electrons. The summed E-state index contributed by atoms with van der Waals surface area (Å²) in [5, 5.41) is 0. The van der Waals surface area contributed by atoms with Gasteiger partial charge in [0.2, 0.25) is 0 Å². The first-order valence-corrected chi connectivity index (χ1v) is 3.18. The van der Waals surface area contributed by atoms with E-state index in [1.807, 2.05) is 36.4 Å². The lowest BCUT2D eigenvalue weighted by molar-refractivity contribution is 1.66. The molecule has 0 nitrogen and oxygen atoms in total. The smallest absolute Gasteiger partial charge is 0.0184 e. The highest BCUT2D eigenvalue weighted by molar-refractivity contribution is 5.47. The molecule has 0 heteroatoms. The summed E-state index contributed by atoms with van der Waals surface area (Å²) in [5.41, 5.74) is 1.16. The molecular weight excluding hydrogens is 120 g/mol. The van der Waals surface area contributed by atoms with Gasteiger partial charge >= 0.3 is 0 Å². The van der Waals surface area contributed by atoms with Gasteiger partial charge < -0.3 is 0 Å². The second kappa shape index (κ2) is 3.67. The van der Waals surface area contributed by atoms with E-state index in [0.29, 0.717) is 0 Å². The minimum absolute atomic E-state index is 1.16. The fraction of sp³-hybridized carbons (Fsp3) is 0. The van der Waals surface area contributed by atoms with E-state index in [9.17, 15) is 0 Å². The zero-order chi connectivity index (χ0) is 7.23. The number of allylic oxidation sites excluding steroid dienone is 2. The van der Waals surface area contributed by atoms with E-state index >= 15 is 0 Å². The SMILES string of the molecule is C=C[C]=Cc1ccccc1. The Morgan fingerprint density at radius 1 is 1.20 bits per heavy atom. The second-order valence-corrected chi connectivity index (χ2v) is 1.93. The molecule has 0 aliphatic carbocycles. The van der Waals surface area contributed by atoms with Crippen LogP contribution in [-0.4, -0.2) is 0 Å². The highest BCUT2D eigenvalue weighted by Crippen LogP contribution is 1.99. The van der Waals surface area contributed by atoms with Crippen LogP contribution in [0.3, 0.4) is 0 Å². The van der Waals surface area contributed by atoms with E-state index in [1.165, 1.54) is 0 Å². The molecule has 0 N–H and O–H groups in total. The average molecular weight is 129 g/mol. The monoisotopic (exact) mass is 129 g/mol. The zero-order valence-electron chi connectivity index (χ0n) is 5.75. The molecule has 1 rings (SSSR count). The topological polar surface area (TPSA) is 0 Å². The van der Waals surface area contributed by atoms with Crippen LogP contribution in [0.1, 0.15) is 5.56 Å². The largest absolute Gasteiger partial charge is 0.0984 e. The summed E-state index contributed by atoms with van der Waals surface area (Å²) in [4.78, 5) is 0. The average Bonchev–Trinajstić information content (AvgIpc) is 2.03. The number of benzene rings is 1. The molecule has 0 fully saturated rings. The van der Waals surface area contributed by atoms with Crippen LogP contribution < -0.4 is 0 Å². The van der Waals surface area contributed by atoms with Gasteiger partial charge in [0.05, 0.1) is 0 Å². The van der Waals surface area contributed by atoms with E-state index in [1.54, 1.807) is 6.08 Å². The van der Waals surface area contributed by atoms with Gasteiger partial charge in [0.1, 0.15) is 0 Å². The predicted molar refractivity (Wildman–Crippen MR) is 44.3 cm³/mol. The lowest BCUT2D eigenvalue weighted by Gasteiger charge is -1.86.